The highest BCUT2D eigenvalue weighted by molar-refractivity contribution is 5.21. The molecule has 0 spiro atoms. The Morgan fingerprint density at radius 2 is 1.63 bits per heavy atom. The third-order valence-electron chi connectivity index (χ3n) is 3.32. The van der Waals surface area contributed by atoms with Crippen LogP contribution in [0.3, 0.4) is 0 Å². The molecule has 0 aliphatic heterocycles. The Labute approximate surface area is 116 Å². The fourth-order valence-corrected chi connectivity index (χ4v) is 2.28. The molecular formula is C18H23N. The van der Waals surface area contributed by atoms with Crippen molar-refractivity contribution >= 4 is 0 Å². The topological polar surface area (TPSA) is 12.0 Å². The van der Waals surface area contributed by atoms with Crippen LogP contribution in [0.2, 0.25) is 0 Å². The fourth-order valence-electron chi connectivity index (χ4n) is 2.28. The lowest BCUT2D eigenvalue weighted by atomic mass is 10.1. The molecule has 0 heterocycles. The zero-order chi connectivity index (χ0) is 13.3. The molecule has 1 heteroatoms. The van der Waals surface area contributed by atoms with Gasteiger partial charge in [-0.3, -0.25) is 0 Å². The van der Waals surface area contributed by atoms with Crippen molar-refractivity contribution in [1.82, 2.24) is 5.32 Å². The van der Waals surface area contributed by atoms with Gasteiger partial charge in [0.2, 0.25) is 0 Å². The Kier molecular flexibility index (Phi) is 5.64. The maximum atomic E-state index is 3.52. The number of nitrogens with one attached hydrogen (secondary N) is 1. The first-order valence-electron chi connectivity index (χ1n) is 7.15. The van der Waals surface area contributed by atoms with Crippen molar-refractivity contribution in [1.29, 1.82) is 0 Å². The number of rotatable bonds is 7. The number of benzene rings is 2. The van der Waals surface area contributed by atoms with Crippen molar-refractivity contribution in [2.45, 2.75) is 32.7 Å². The maximum Gasteiger partial charge on any atom is 0.0205 e. The Morgan fingerprint density at radius 3 is 2.42 bits per heavy atom. The molecule has 0 bridgehead atoms. The Bertz CT molecular complexity index is 476. The Morgan fingerprint density at radius 1 is 0.842 bits per heavy atom. The molecule has 1 nitrogen and oxygen atoms in total. The van der Waals surface area contributed by atoms with Crippen LogP contribution in [0, 0.1) is 6.92 Å². The average Bonchev–Trinajstić information content (AvgIpc) is 2.44. The largest absolute Gasteiger partial charge is 0.313 e. The van der Waals surface area contributed by atoms with E-state index in [1.807, 2.05) is 0 Å². The number of unbranched alkanes of at least 4 members (excludes halogenated alkanes) is 1. The normalized spacial score (nSPS) is 10.6. The monoisotopic (exact) mass is 253 g/mol. The second kappa shape index (κ2) is 7.75. The van der Waals surface area contributed by atoms with Crippen LogP contribution in [0.4, 0.5) is 0 Å². The first kappa shape index (κ1) is 13.8. The molecule has 2 aromatic carbocycles. The molecule has 0 atom stereocenters. The summed E-state index contributed by atoms with van der Waals surface area (Å²) in [6.07, 6.45) is 3.68. The van der Waals surface area contributed by atoms with E-state index in [-0.39, 0.29) is 0 Å². The lowest BCUT2D eigenvalue weighted by Crippen LogP contribution is -2.14. The number of hydrogen-bond acceptors (Lipinski definition) is 1. The highest BCUT2D eigenvalue weighted by Gasteiger charge is 1.94. The van der Waals surface area contributed by atoms with Gasteiger partial charge in [0.05, 0.1) is 0 Å². The lowest BCUT2D eigenvalue weighted by molar-refractivity contribution is 0.622. The Balaban J connectivity index is 1.58. The molecular weight excluding hydrogens is 230 g/mol. The van der Waals surface area contributed by atoms with Gasteiger partial charge in [-0.25, -0.2) is 0 Å². The summed E-state index contributed by atoms with van der Waals surface area (Å²) >= 11 is 0. The van der Waals surface area contributed by atoms with E-state index in [0.29, 0.717) is 0 Å². The van der Waals surface area contributed by atoms with E-state index in [2.05, 4.69) is 66.8 Å². The van der Waals surface area contributed by atoms with Gasteiger partial charge in [0.25, 0.3) is 0 Å². The van der Waals surface area contributed by atoms with Crippen LogP contribution in [-0.2, 0) is 13.0 Å². The zero-order valence-electron chi connectivity index (χ0n) is 11.7. The van der Waals surface area contributed by atoms with Crippen LogP contribution in [0.15, 0.2) is 54.6 Å². The minimum Gasteiger partial charge on any atom is -0.313 e. The van der Waals surface area contributed by atoms with Crippen LogP contribution in [0.25, 0.3) is 0 Å². The van der Waals surface area contributed by atoms with Gasteiger partial charge in [0, 0.05) is 6.54 Å². The van der Waals surface area contributed by atoms with Crippen LogP contribution in [0.5, 0.6) is 0 Å². The molecule has 0 saturated carbocycles. The molecule has 0 aliphatic rings. The van der Waals surface area contributed by atoms with E-state index in [9.17, 15) is 0 Å². The van der Waals surface area contributed by atoms with E-state index in [4.69, 9.17) is 0 Å². The molecule has 0 radical (unpaired) electrons. The predicted molar refractivity (Wildman–Crippen MR) is 82.3 cm³/mol. The van der Waals surface area contributed by atoms with E-state index < -0.39 is 0 Å². The van der Waals surface area contributed by atoms with Crippen molar-refractivity contribution in [2.75, 3.05) is 6.54 Å². The van der Waals surface area contributed by atoms with Gasteiger partial charge in [-0.05, 0) is 43.9 Å². The van der Waals surface area contributed by atoms with E-state index in [1.165, 1.54) is 36.0 Å². The summed E-state index contributed by atoms with van der Waals surface area (Å²) in [5.74, 6) is 0. The zero-order valence-corrected chi connectivity index (χ0v) is 11.7. The highest BCUT2D eigenvalue weighted by atomic mass is 14.8. The molecule has 2 aromatic rings. The molecule has 0 unspecified atom stereocenters. The van der Waals surface area contributed by atoms with Crippen molar-refractivity contribution < 1.29 is 0 Å². The second-order valence-electron chi connectivity index (χ2n) is 5.11. The molecule has 19 heavy (non-hydrogen) atoms. The van der Waals surface area contributed by atoms with Gasteiger partial charge < -0.3 is 5.32 Å². The van der Waals surface area contributed by atoms with Crippen molar-refractivity contribution in [3.63, 3.8) is 0 Å². The van der Waals surface area contributed by atoms with Crippen molar-refractivity contribution in [3.8, 4) is 0 Å². The summed E-state index contributed by atoms with van der Waals surface area (Å²) < 4.78 is 0. The van der Waals surface area contributed by atoms with Gasteiger partial charge in [-0.15, -0.1) is 0 Å². The van der Waals surface area contributed by atoms with Crippen molar-refractivity contribution in [2.24, 2.45) is 0 Å². The molecule has 0 amide bonds. The molecule has 0 fully saturated rings. The van der Waals surface area contributed by atoms with E-state index in [1.54, 1.807) is 0 Å². The van der Waals surface area contributed by atoms with Gasteiger partial charge in [0.1, 0.15) is 0 Å². The standard InChI is InChI=1S/C18H23N/c1-16-8-7-12-18(14-16)15-19-13-6-5-11-17-9-3-2-4-10-17/h2-4,7-10,12,14,19H,5-6,11,13,15H2,1H3. The molecule has 2 rings (SSSR count). The number of hydrogen-bond donors (Lipinski definition) is 1. The molecule has 0 saturated heterocycles. The first-order chi connectivity index (χ1) is 9.34. The average molecular weight is 253 g/mol. The highest BCUT2D eigenvalue weighted by Crippen LogP contribution is 2.05. The second-order valence-corrected chi connectivity index (χ2v) is 5.11. The van der Waals surface area contributed by atoms with Gasteiger partial charge in [-0.1, -0.05) is 60.2 Å². The summed E-state index contributed by atoms with van der Waals surface area (Å²) in [5.41, 5.74) is 4.16. The molecule has 1 N–H and O–H groups in total. The van der Waals surface area contributed by atoms with E-state index in [0.717, 1.165) is 13.1 Å². The summed E-state index contributed by atoms with van der Waals surface area (Å²) in [4.78, 5) is 0. The SMILES string of the molecule is Cc1cccc(CNCCCCc2ccccc2)c1. The first-order valence-corrected chi connectivity index (χ1v) is 7.15. The third-order valence-corrected chi connectivity index (χ3v) is 3.32. The van der Waals surface area contributed by atoms with Crippen molar-refractivity contribution in [3.05, 3.63) is 71.3 Å². The quantitative estimate of drug-likeness (QED) is 0.732. The Hall–Kier alpha value is -1.60. The van der Waals surface area contributed by atoms with Gasteiger partial charge >= 0.3 is 0 Å². The minimum atomic E-state index is 0.979. The molecule has 100 valence electrons. The number of aryl methyl sites for hydroxylation is 2. The van der Waals surface area contributed by atoms with Crippen LogP contribution in [-0.4, -0.2) is 6.54 Å². The van der Waals surface area contributed by atoms with Crippen LogP contribution < -0.4 is 5.32 Å². The summed E-state index contributed by atoms with van der Waals surface area (Å²) in [6, 6.07) is 19.4. The van der Waals surface area contributed by atoms with Crippen LogP contribution >= 0.6 is 0 Å². The fraction of sp³-hybridized carbons (Fsp3) is 0.333. The summed E-state index contributed by atoms with van der Waals surface area (Å²) in [6.45, 7) is 4.22. The van der Waals surface area contributed by atoms with Crippen LogP contribution in [0.1, 0.15) is 29.5 Å². The third kappa shape index (κ3) is 5.27. The predicted octanol–water partition coefficient (Wildman–Crippen LogP) is 4.11. The maximum absolute atomic E-state index is 3.52. The molecule has 0 aliphatic carbocycles. The van der Waals surface area contributed by atoms with E-state index >= 15 is 0 Å². The summed E-state index contributed by atoms with van der Waals surface area (Å²) in [5, 5.41) is 3.52. The lowest BCUT2D eigenvalue weighted by Gasteiger charge is -2.06. The van der Waals surface area contributed by atoms with Gasteiger partial charge in [0.15, 0.2) is 0 Å². The summed E-state index contributed by atoms with van der Waals surface area (Å²) in [7, 11) is 0. The van der Waals surface area contributed by atoms with Gasteiger partial charge in [-0.2, -0.15) is 0 Å². The smallest absolute Gasteiger partial charge is 0.0205 e. The minimum absolute atomic E-state index is 0.979. The molecule has 0 aromatic heterocycles.